The van der Waals surface area contributed by atoms with E-state index in [1.54, 1.807) is 9.80 Å². The minimum absolute atomic E-state index is 0.0489. The van der Waals surface area contributed by atoms with Crippen molar-refractivity contribution in [3.05, 3.63) is 59.2 Å². The maximum absolute atomic E-state index is 13.4. The molecule has 0 aromatic heterocycles. The first-order valence-corrected chi connectivity index (χ1v) is 12.0. The third-order valence-corrected chi connectivity index (χ3v) is 6.71. The molecule has 3 aliphatic heterocycles. The van der Waals surface area contributed by atoms with E-state index in [-0.39, 0.29) is 42.1 Å². The fourth-order valence-electron chi connectivity index (χ4n) is 4.86. The molecule has 2 aromatic carbocycles. The van der Waals surface area contributed by atoms with Gasteiger partial charge in [0.25, 0.3) is 5.91 Å². The average molecular weight is 541 g/mol. The van der Waals surface area contributed by atoms with E-state index in [9.17, 15) is 31.5 Å². The lowest BCUT2D eigenvalue weighted by molar-refractivity contribution is -0.286. The van der Waals surface area contributed by atoms with Gasteiger partial charge in [-0.15, -0.1) is 8.78 Å². The molecular weight excluding hydrogens is 517 g/mol. The molecule has 5 rings (SSSR count). The van der Waals surface area contributed by atoms with Crippen LogP contribution in [0.1, 0.15) is 33.8 Å². The predicted molar refractivity (Wildman–Crippen MR) is 122 cm³/mol. The molecule has 3 amide bonds. The molecule has 204 valence electrons. The van der Waals surface area contributed by atoms with E-state index < -0.39 is 30.0 Å². The van der Waals surface area contributed by atoms with Crippen LogP contribution in [-0.2, 0) is 10.9 Å². The zero-order valence-electron chi connectivity index (χ0n) is 20.0. The lowest BCUT2D eigenvalue weighted by atomic mass is 9.87. The van der Waals surface area contributed by atoms with E-state index in [1.165, 1.54) is 24.3 Å². The van der Waals surface area contributed by atoms with Crippen molar-refractivity contribution in [2.45, 2.75) is 30.9 Å². The summed E-state index contributed by atoms with van der Waals surface area (Å²) in [5.41, 5.74) is -0.133. The van der Waals surface area contributed by atoms with Gasteiger partial charge >= 0.3 is 18.5 Å². The van der Waals surface area contributed by atoms with Gasteiger partial charge in [0.05, 0.1) is 18.8 Å². The zero-order valence-corrected chi connectivity index (χ0v) is 20.0. The molecule has 8 nitrogen and oxygen atoms in total. The molecule has 3 aliphatic rings. The molecule has 0 saturated carbocycles. The summed E-state index contributed by atoms with van der Waals surface area (Å²) in [7, 11) is 0. The number of halogens is 5. The Bertz CT molecular complexity index is 1200. The molecule has 2 unspecified atom stereocenters. The minimum atomic E-state index is -4.48. The number of nitrogens with zero attached hydrogens (tertiary/aromatic N) is 2. The molecule has 38 heavy (non-hydrogen) atoms. The monoisotopic (exact) mass is 541 g/mol. The molecule has 2 aromatic rings. The van der Waals surface area contributed by atoms with Gasteiger partial charge in [-0.2, -0.15) is 13.2 Å². The number of hydrogen-bond donors (Lipinski definition) is 1. The van der Waals surface area contributed by atoms with Gasteiger partial charge in [0, 0.05) is 43.7 Å². The van der Waals surface area contributed by atoms with Gasteiger partial charge in [-0.25, -0.2) is 4.79 Å². The number of carbonyl (C=O) groups excluding carboxylic acids is 2. The number of fused-ring (bicyclic) bond motifs is 1. The smallest absolute Gasteiger partial charge is 0.395 e. The standard InChI is InChI=1S/C25H24F5N3O5/c26-24(27,28)18-4-1-15(2-5-18)17-11-19(14-33(13-17)23(35)32-7-9-36-10-8-32)31-22(34)16-3-6-20-21(12-16)38-25(29,30)37-20/h1-6,12,17,19H,7-11,13-14H2,(H,31,34). The molecule has 0 spiro atoms. The zero-order chi connectivity index (χ0) is 27.1. The fourth-order valence-corrected chi connectivity index (χ4v) is 4.86. The number of piperidine rings is 1. The molecule has 2 atom stereocenters. The summed E-state index contributed by atoms with van der Waals surface area (Å²) in [6.45, 7) is 2.02. The first kappa shape index (κ1) is 26.0. The van der Waals surface area contributed by atoms with Crippen molar-refractivity contribution in [2.24, 2.45) is 0 Å². The van der Waals surface area contributed by atoms with Crippen LogP contribution in [0.3, 0.4) is 0 Å². The van der Waals surface area contributed by atoms with Crippen molar-refractivity contribution in [1.82, 2.24) is 15.1 Å². The van der Waals surface area contributed by atoms with Gasteiger partial charge in [0.1, 0.15) is 0 Å². The predicted octanol–water partition coefficient (Wildman–Crippen LogP) is 4.07. The molecule has 0 aliphatic carbocycles. The topological polar surface area (TPSA) is 80.3 Å². The van der Waals surface area contributed by atoms with Crippen molar-refractivity contribution in [3.8, 4) is 11.5 Å². The summed E-state index contributed by atoms with van der Waals surface area (Å²) in [5.74, 6) is -1.41. The van der Waals surface area contributed by atoms with E-state index in [0.29, 0.717) is 38.3 Å². The summed E-state index contributed by atoms with van der Waals surface area (Å²) in [6, 6.07) is 7.59. The number of hydrogen-bond acceptors (Lipinski definition) is 5. The van der Waals surface area contributed by atoms with Gasteiger partial charge in [0.15, 0.2) is 11.5 Å². The number of morpholine rings is 1. The number of nitrogens with one attached hydrogen (secondary N) is 1. The van der Waals surface area contributed by atoms with Crippen LogP contribution < -0.4 is 14.8 Å². The Labute approximate surface area is 214 Å². The van der Waals surface area contributed by atoms with Crippen LogP contribution in [0.2, 0.25) is 0 Å². The normalized spacial score (nSPS) is 22.8. The first-order valence-electron chi connectivity index (χ1n) is 12.0. The summed E-state index contributed by atoms with van der Waals surface area (Å²) in [5, 5.41) is 2.83. The van der Waals surface area contributed by atoms with Crippen LogP contribution in [0.4, 0.5) is 26.7 Å². The van der Waals surface area contributed by atoms with Crippen molar-refractivity contribution in [1.29, 1.82) is 0 Å². The first-order chi connectivity index (χ1) is 18.0. The Morgan fingerprint density at radius 2 is 1.61 bits per heavy atom. The number of carbonyl (C=O) groups is 2. The van der Waals surface area contributed by atoms with E-state index in [1.807, 2.05) is 0 Å². The summed E-state index contributed by atoms with van der Waals surface area (Å²) >= 11 is 0. The van der Waals surface area contributed by atoms with E-state index >= 15 is 0 Å². The number of likely N-dealkylation sites (tertiary alicyclic amines) is 1. The summed E-state index contributed by atoms with van der Waals surface area (Å²) < 4.78 is 79.9. The summed E-state index contributed by atoms with van der Waals surface area (Å²) in [4.78, 5) is 29.4. The van der Waals surface area contributed by atoms with Crippen molar-refractivity contribution in [2.75, 3.05) is 39.4 Å². The number of alkyl halides is 5. The van der Waals surface area contributed by atoms with Gasteiger partial charge in [-0.3, -0.25) is 4.79 Å². The molecule has 3 heterocycles. The third kappa shape index (κ3) is 5.62. The van der Waals surface area contributed by atoms with Gasteiger partial charge in [-0.1, -0.05) is 12.1 Å². The van der Waals surface area contributed by atoms with Gasteiger partial charge in [0.2, 0.25) is 0 Å². The third-order valence-electron chi connectivity index (χ3n) is 6.71. The van der Waals surface area contributed by atoms with Gasteiger partial charge < -0.3 is 29.3 Å². The molecule has 0 bridgehead atoms. The second-order valence-corrected chi connectivity index (χ2v) is 9.34. The number of amides is 3. The van der Waals surface area contributed by atoms with Crippen molar-refractivity contribution in [3.63, 3.8) is 0 Å². The average Bonchev–Trinajstić information content (AvgIpc) is 3.21. The number of rotatable bonds is 3. The van der Waals surface area contributed by atoms with Crippen LogP contribution in [0.5, 0.6) is 11.5 Å². The minimum Gasteiger partial charge on any atom is -0.395 e. The molecule has 0 radical (unpaired) electrons. The van der Waals surface area contributed by atoms with E-state index in [0.717, 1.165) is 18.2 Å². The SMILES string of the molecule is O=C(NC1CC(c2ccc(C(F)(F)F)cc2)CN(C(=O)N2CCOCC2)C1)c1ccc2c(c1)OC(F)(F)O2. The number of urea groups is 1. The van der Waals surface area contributed by atoms with Crippen LogP contribution in [0.15, 0.2) is 42.5 Å². The lowest BCUT2D eigenvalue weighted by Gasteiger charge is -2.41. The number of ether oxygens (including phenoxy) is 3. The Kier molecular flexibility index (Phi) is 6.80. The lowest BCUT2D eigenvalue weighted by Crippen LogP contribution is -2.56. The van der Waals surface area contributed by atoms with Gasteiger partial charge in [-0.05, 0) is 42.3 Å². The quantitative estimate of drug-likeness (QED) is 0.593. The number of benzene rings is 2. The Morgan fingerprint density at radius 3 is 2.29 bits per heavy atom. The highest BCUT2D eigenvalue weighted by molar-refractivity contribution is 5.95. The van der Waals surface area contributed by atoms with Crippen LogP contribution in [0, 0.1) is 0 Å². The summed E-state index contributed by atoms with van der Waals surface area (Å²) in [6.07, 6.45) is -7.95. The maximum Gasteiger partial charge on any atom is 0.586 e. The fraction of sp³-hybridized carbons (Fsp3) is 0.440. The van der Waals surface area contributed by atoms with E-state index in [2.05, 4.69) is 14.8 Å². The molecule has 13 heteroatoms. The second-order valence-electron chi connectivity index (χ2n) is 9.34. The highest BCUT2D eigenvalue weighted by atomic mass is 19.4. The Hall–Kier alpha value is -3.61. The van der Waals surface area contributed by atoms with Crippen molar-refractivity contribution >= 4 is 11.9 Å². The second kappa shape index (κ2) is 9.93. The van der Waals surface area contributed by atoms with Crippen LogP contribution >= 0.6 is 0 Å². The van der Waals surface area contributed by atoms with Crippen LogP contribution in [0.25, 0.3) is 0 Å². The van der Waals surface area contributed by atoms with E-state index in [4.69, 9.17) is 4.74 Å². The van der Waals surface area contributed by atoms with Crippen molar-refractivity contribution < 1.29 is 45.8 Å². The molecular formula is C25H24F5N3O5. The molecule has 1 N–H and O–H groups in total. The Morgan fingerprint density at radius 1 is 0.921 bits per heavy atom. The highest BCUT2D eigenvalue weighted by Gasteiger charge is 2.43. The molecule has 2 saturated heterocycles. The highest BCUT2D eigenvalue weighted by Crippen LogP contribution is 2.41. The largest absolute Gasteiger partial charge is 0.586 e. The maximum atomic E-state index is 13.4. The molecule has 2 fully saturated rings. The Balaban J connectivity index is 1.34. The van der Waals surface area contributed by atoms with Crippen LogP contribution in [-0.4, -0.2) is 73.5 Å².